The van der Waals surface area contributed by atoms with E-state index in [9.17, 15) is 9.59 Å². The average molecular weight is 277 g/mol. The van der Waals surface area contributed by atoms with Crippen LogP contribution in [0.25, 0.3) is 0 Å². The highest BCUT2D eigenvalue weighted by Gasteiger charge is 2.49. The van der Waals surface area contributed by atoms with E-state index in [1.54, 1.807) is 0 Å². The first-order chi connectivity index (χ1) is 7.49. The van der Waals surface area contributed by atoms with E-state index in [1.807, 2.05) is 13.8 Å². The number of amides is 3. The smallest absolute Gasteiger partial charge is 0.322 e. The highest BCUT2D eigenvalue weighted by molar-refractivity contribution is 7.11. The van der Waals surface area contributed by atoms with Crippen molar-refractivity contribution in [1.82, 2.24) is 15.6 Å². The van der Waals surface area contributed by atoms with Crippen molar-refractivity contribution < 1.29 is 9.59 Å². The summed E-state index contributed by atoms with van der Waals surface area (Å²) < 4.78 is 0. The van der Waals surface area contributed by atoms with Gasteiger partial charge in [0.15, 0.2) is 5.54 Å². The topological polar surface area (TPSA) is 97.1 Å². The standard InChI is InChI=1S/C9H12N4O2S.ClH/c1-4-6(11-5(2)16-4)9(3-10)7(14)12-8(15)13-9;/h3,10H2,1-2H3,(H2,12,13,14,15);1H. The number of carbonyl (C=O) groups excluding carboxylic acids is 2. The summed E-state index contributed by atoms with van der Waals surface area (Å²) in [7, 11) is 0. The lowest BCUT2D eigenvalue weighted by atomic mass is 9.95. The first kappa shape index (κ1) is 13.9. The Balaban J connectivity index is 0.00000144. The molecule has 1 aliphatic rings. The van der Waals surface area contributed by atoms with Gasteiger partial charge in [-0.05, 0) is 13.8 Å². The molecule has 94 valence electrons. The number of nitrogens with zero attached hydrogens (tertiary/aromatic N) is 1. The molecule has 1 aromatic heterocycles. The molecule has 2 rings (SSSR count). The van der Waals surface area contributed by atoms with Crippen LogP contribution in [-0.2, 0) is 10.3 Å². The van der Waals surface area contributed by atoms with E-state index in [4.69, 9.17) is 5.73 Å². The largest absolute Gasteiger partial charge is 0.327 e. The molecule has 0 aliphatic carbocycles. The van der Waals surface area contributed by atoms with Crippen LogP contribution < -0.4 is 16.4 Å². The number of hydrogen-bond donors (Lipinski definition) is 3. The molecule has 1 fully saturated rings. The number of imide groups is 1. The summed E-state index contributed by atoms with van der Waals surface area (Å²) >= 11 is 1.48. The van der Waals surface area contributed by atoms with Crippen LogP contribution in [0.5, 0.6) is 0 Å². The summed E-state index contributed by atoms with van der Waals surface area (Å²) in [6, 6.07) is -0.527. The molecule has 0 bridgehead atoms. The normalized spacial score (nSPS) is 23.0. The van der Waals surface area contributed by atoms with E-state index < -0.39 is 17.5 Å². The monoisotopic (exact) mass is 276 g/mol. The molecule has 3 amide bonds. The molecule has 0 saturated carbocycles. The zero-order chi connectivity index (χ0) is 11.9. The van der Waals surface area contributed by atoms with Crippen molar-refractivity contribution in [2.24, 2.45) is 5.73 Å². The van der Waals surface area contributed by atoms with Gasteiger partial charge in [-0.3, -0.25) is 10.1 Å². The SMILES string of the molecule is Cc1nc(C2(CN)NC(=O)NC2=O)c(C)s1.Cl. The van der Waals surface area contributed by atoms with Gasteiger partial charge in [0.1, 0.15) is 0 Å². The number of aryl methyl sites for hydroxylation is 2. The molecule has 4 N–H and O–H groups in total. The van der Waals surface area contributed by atoms with Crippen LogP contribution in [0.4, 0.5) is 4.79 Å². The highest BCUT2D eigenvalue weighted by Crippen LogP contribution is 2.29. The molecule has 1 aliphatic heterocycles. The van der Waals surface area contributed by atoms with Crippen LogP contribution in [0.15, 0.2) is 0 Å². The number of nitrogens with one attached hydrogen (secondary N) is 2. The van der Waals surface area contributed by atoms with Crippen LogP contribution >= 0.6 is 23.7 Å². The van der Waals surface area contributed by atoms with E-state index in [1.165, 1.54) is 11.3 Å². The Morgan fingerprint density at radius 2 is 2.06 bits per heavy atom. The van der Waals surface area contributed by atoms with E-state index >= 15 is 0 Å². The maximum atomic E-state index is 11.8. The van der Waals surface area contributed by atoms with Crippen molar-refractivity contribution in [3.8, 4) is 0 Å². The lowest BCUT2D eigenvalue weighted by molar-refractivity contribution is -0.124. The van der Waals surface area contributed by atoms with Gasteiger partial charge in [-0.2, -0.15) is 0 Å². The zero-order valence-corrected chi connectivity index (χ0v) is 11.0. The Hall–Kier alpha value is -1.18. The lowest BCUT2D eigenvalue weighted by Gasteiger charge is -2.22. The number of rotatable bonds is 2. The molecule has 2 heterocycles. The van der Waals surface area contributed by atoms with Crippen molar-refractivity contribution in [1.29, 1.82) is 0 Å². The van der Waals surface area contributed by atoms with Crippen LogP contribution in [0.2, 0.25) is 0 Å². The van der Waals surface area contributed by atoms with Crippen LogP contribution in [0.1, 0.15) is 15.6 Å². The molecule has 6 nitrogen and oxygen atoms in total. The second-order valence-electron chi connectivity index (χ2n) is 3.66. The number of aromatic nitrogens is 1. The Bertz CT molecular complexity index is 476. The first-order valence-corrected chi connectivity index (χ1v) is 5.59. The van der Waals surface area contributed by atoms with Crippen molar-refractivity contribution >= 4 is 35.7 Å². The minimum atomic E-state index is -1.20. The summed E-state index contributed by atoms with van der Waals surface area (Å²) in [5.41, 5.74) is 4.96. The van der Waals surface area contributed by atoms with E-state index in [-0.39, 0.29) is 19.0 Å². The lowest BCUT2D eigenvalue weighted by Crippen LogP contribution is -2.50. The molecular weight excluding hydrogens is 264 g/mol. The first-order valence-electron chi connectivity index (χ1n) is 4.78. The van der Waals surface area contributed by atoms with Gasteiger partial charge in [0.2, 0.25) is 0 Å². The third-order valence-corrected chi connectivity index (χ3v) is 3.44. The summed E-state index contributed by atoms with van der Waals surface area (Å²) in [4.78, 5) is 28.2. The van der Waals surface area contributed by atoms with Crippen molar-refractivity contribution in [2.45, 2.75) is 19.4 Å². The second-order valence-corrected chi connectivity index (χ2v) is 5.06. The fraction of sp³-hybridized carbons (Fsp3) is 0.444. The number of hydrogen-bond acceptors (Lipinski definition) is 5. The predicted octanol–water partition coefficient (Wildman–Crippen LogP) is 0.175. The predicted molar refractivity (Wildman–Crippen MR) is 66.2 cm³/mol. The summed E-state index contributed by atoms with van der Waals surface area (Å²) in [5.74, 6) is -0.437. The molecule has 17 heavy (non-hydrogen) atoms. The minimum Gasteiger partial charge on any atom is -0.327 e. The van der Waals surface area contributed by atoms with E-state index in [2.05, 4.69) is 15.6 Å². The summed E-state index contributed by atoms with van der Waals surface area (Å²) in [6.45, 7) is 3.70. The summed E-state index contributed by atoms with van der Waals surface area (Å²) in [6.07, 6.45) is 0. The van der Waals surface area contributed by atoms with E-state index in [0.29, 0.717) is 5.69 Å². The molecule has 0 radical (unpaired) electrons. The van der Waals surface area contributed by atoms with Crippen molar-refractivity contribution in [3.63, 3.8) is 0 Å². The van der Waals surface area contributed by atoms with Gasteiger partial charge in [0, 0.05) is 11.4 Å². The van der Waals surface area contributed by atoms with Gasteiger partial charge in [-0.1, -0.05) is 0 Å². The average Bonchev–Trinajstić information content (AvgIpc) is 2.67. The minimum absolute atomic E-state index is 0. The molecule has 1 atom stereocenters. The summed E-state index contributed by atoms with van der Waals surface area (Å²) in [5, 5.41) is 5.59. The van der Waals surface area contributed by atoms with Gasteiger partial charge in [-0.15, -0.1) is 23.7 Å². The number of carbonyl (C=O) groups is 2. The third kappa shape index (κ3) is 2.01. The van der Waals surface area contributed by atoms with Gasteiger partial charge in [-0.25, -0.2) is 9.78 Å². The Morgan fingerprint density at radius 3 is 2.41 bits per heavy atom. The van der Waals surface area contributed by atoms with Crippen molar-refractivity contribution in [2.75, 3.05) is 6.54 Å². The number of urea groups is 1. The maximum absolute atomic E-state index is 11.8. The fourth-order valence-corrected chi connectivity index (χ4v) is 2.72. The highest BCUT2D eigenvalue weighted by atomic mass is 35.5. The fourth-order valence-electron chi connectivity index (χ4n) is 1.82. The number of halogens is 1. The molecule has 0 spiro atoms. The Labute approximate surface area is 108 Å². The molecule has 1 aromatic rings. The van der Waals surface area contributed by atoms with Gasteiger partial charge < -0.3 is 11.1 Å². The van der Waals surface area contributed by atoms with Crippen LogP contribution in [-0.4, -0.2) is 23.5 Å². The van der Waals surface area contributed by atoms with E-state index in [0.717, 1.165) is 9.88 Å². The van der Waals surface area contributed by atoms with Gasteiger partial charge in [0.05, 0.1) is 10.7 Å². The Kier molecular flexibility index (Phi) is 3.75. The molecular formula is C9H13ClN4O2S. The third-order valence-electron chi connectivity index (χ3n) is 2.56. The molecule has 1 unspecified atom stereocenters. The quantitative estimate of drug-likeness (QED) is 0.671. The number of thiazole rings is 1. The zero-order valence-electron chi connectivity index (χ0n) is 9.36. The second kappa shape index (κ2) is 4.59. The van der Waals surface area contributed by atoms with Crippen LogP contribution in [0, 0.1) is 13.8 Å². The van der Waals surface area contributed by atoms with Crippen LogP contribution in [0.3, 0.4) is 0 Å². The molecule has 8 heteroatoms. The molecule has 1 saturated heterocycles. The Morgan fingerprint density at radius 1 is 1.41 bits per heavy atom. The van der Waals surface area contributed by atoms with Crippen molar-refractivity contribution in [3.05, 3.63) is 15.6 Å². The van der Waals surface area contributed by atoms with Gasteiger partial charge >= 0.3 is 6.03 Å². The molecule has 0 aromatic carbocycles. The maximum Gasteiger partial charge on any atom is 0.322 e. The van der Waals surface area contributed by atoms with Gasteiger partial charge in [0.25, 0.3) is 5.91 Å². The number of nitrogens with two attached hydrogens (primary N) is 1.